The predicted octanol–water partition coefficient (Wildman–Crippen LogP) is 3.92. The minimum absolute atomic E-state index is 0.0834. The number of halogens is 2. The molecular formula is C15H23F2N. The highest BCUT2D eigenvalue weighted by molar-refractivity contribution is 5.19. The van der Waals surface area contributed by atoms with E-state index in [2.05, 4.69) is 33.0 Å². The van der Waals surface area contributed by atoms with Crippen molar-refractivity contribution in [2.45, 2.75) is 46.6 Å². The monoisotopic (exact) mass is 255 g/mol. The van der Waals surface area contributed by atoms with Gasteiger partial charge in [0.05, 0.1) is 0 Å². The second kappa shape index (κ2) is 6.28. The summed E-state index contributed by atoms with van der Waals surface area (Å²) in [6, 6.07) is 4.40. The van der Waals surface area contributed by atoms with E-state index in [0.29, 0.717) is 6.42 Å². The van der Waals surface area contributed by atoms with E-state index in [0.717, 1.165) is 18.5 Å². The molecule has 1 nitrogen and oxygen atoms in total. The van der Waals surface area contributed by atoms with Gasteiger partial charge in [0.1, 0.15) is 0 Å². The molecule has 0 aromatic heterocycles. The highest BCUT2D eigenvalue weighted by Gasteiger charge is 2.24. The topological polar surface area (TPSA) is 12.0 Å². The van der Waals surface area contributed by atoms with Crippen molar-refractivity contribution in [1.82, 2.24) is 5.32 Å². The molecule has 0 radical (unpaired) electrons. The van der Waals surface area contributed by atoms with Crippen LogP contribution in [0.15, 0.2) is 18.2 Å². The van der Waals surface area contributed by atoms with Crippen LogP contribution in [0.25, 0.3) is 0 Å². The number of hydrogen-bond acceptors (Lipinski definition) is 1. The second-order valence-electron chi connectivity index (χ2n) is 5.83. The Morgan fingerprint density at radius 2 is 1.83 bits per heavy atom. The fourth-order valence-electron chi connectivity index (χ4n) is 1.91. The Morgan fingerprint density at radius 1 is 1.17 bits per heavy atom. The van der Waals surface area contributed by atoms with Gasteiger partial charge < -0.3 is 5.32 Å². The lowest BCUT2D eigenvalue weighted by atomic mass is 9.83. The van der Waals surface area contributed by atoms with Crippen LogP contribution in [-0.4, -0.2) is 12.6 Å². The van der Waals surface area contributed by atoms with Gasteiger partial charge in [0.25, 0.3) is 0 Å². The molecule has 3 heteroatoms. The molecule has 0 spiro atoms. The van der Waals surface area contributed by atoms with Crippen molar-refractivity contribution < 1.29 is 8.78 Å². The van der Waals surface area contributed by atoms with Crippen LogP contribution in [0.3, 0.4) is 0 Å². The molecule has 0 saturated heterocycles. The smallest absolute Gasteiger partial charge is 0.159 e. The van der Waals surface area contributed by atoms with Gasteiger partial charge in [-0.25, -0.2) is 8.78 Å². The maximum absolute atomic E-state index is 13.2. The highest BCUT2D eigenvalue weighted by atomic mass is 19.2. The molecule has 0 heterocycles. The third-order valence-electron chi connectivity index (χ3n) is 3.11. The second-order valence-corrected chi connectivity index (χ2v) is 5.83. The lowest BCUT2D eigenvalue weighted by Crippen LogP contribution is -2.42. The zero-order valence-corrected chi connectivity index (χ0v) is 11.7. The molecule has 1 atom stereocenters. The minimum atomic E-state index is -0.785. The van der Waals surface area contributed by atoms with Gasteiger partial charge in [0.15, 0.2) is 11.6 Å². The molecule has 0 fully saturated rings. The van der Waals surface area contributed by atoms with E-state index in [-0.39, 0.29) is 11.5 Å². The van der Waals surface area contributed by atoms with E-state index in [1.54, 1.807) is 6.07 Å². The zero-order valence-electron chi connectivity index (χ0n) is 11.7. The van der Waals surface area contributed by atoms with Gasteiger partial charge in [-0.1, -0.05) is 33.8 Å². The van der Waals surface area contributed by atoms with Gasteiger partial charge in [-0.2, -0.15) is 0 Å². The summed E-state index contributed by atoms with van der Waals surface area (Å²) in [6.07, 6.45) is 1.77. The molecule has 1 unspecified atom stereocenters. The molecule has 0 amide bonds. The SMILES string of the molecule is CCCNC(Cc1ccc(F)c(F)c1)C(C)(C)C. The summed E-state index contributed by atoms with van der Waals surface area (Å²) in [4.78, 5) is 0. The Balaban J connectivity index is 2.79. The van der Waals surface area contributed by atoms with Gasteiger partial charge in [0, 0.05) is 6.04 Å². The van der Waals surface area contributed by atoms with Crippen molar-refractivity contribution >= 4 is 0 Å². The minimum Gasteiger partial charge on any atom is -0.313 e. The van der Waals surface area contributed by atoms with Crippen LogP contribution in [-0.2, 0) is 6.42 Å². The standard InChI is InChI=1S/C15H23F2N/c1-5-8-18-14(15(2,3)4)10-11-6-7-12(16)13(17)9-11/h6-7,9,14,18H,5,8,10H2,1-4H3. The van der Waals surface area contributed by atoms with E-state index >= 15 is 0 Å². The summed E-state index contributed by atoms with van der Waals surface area (Å²) in [6.45, 7) is 9.51. The van der Waals surface area contributed by atoms with Gasteiger partial charge in [-0.05, 0) is 42.5 Å². The summed E-state index contributed by atoms with van der Waals surface area (Å²) in [5, 5.41) is 3.48. The van der Waals surface area contributed by atoms with E-state index < -0.39 is 11.6 Å². The van der Waals surface area contributed by atoms with Crippen molar-refractivity contribution in [3.8, 4) is 0 Å². The average Bonchev–Trinajstić information content (AvgIpc) is 2.27. The van der Waals surface area contributed by atoms with Crippen molar-refractivity contribution in [3.63, 3.8) is 0 Å². The molecule has 0 bridgehead atoms. The molecule has 0 aliphatic heterocycles. The number of rotatable bonds is 5. The number of hydrogen-bond donors (Lipinski definition) is 1. The Kier molecular flexibility index (Phi) is 5.27. The highest BCUT2D eigenvalue weighted by Crippen LogP contribution is 2.23. The zero-order chi connectivity index (χ0) is 13.8. The van der Waals surface area contributed by atoms with Crippen LogP contribution in [0.5, 0.6) is 0 Å². The molecule has 102 valence electrons. The molecule has 18 heavy (non-hydrogen) atoms. The largest absolute Gasteiger partial charge is 0.313 e. The first kappa shape index (κ1) is 15.1. The maximum Gasteiger partial charge on any atom is 0.159 e. The van der Waals surface area contributed by atoms with Crippen molar-refractivity contribution in [3.05, 3.63) is 35.4 Å². The Morgan fingerprint density at radius 3 is 2.33 bits per heavy atom. The van der Waals surface area contributed by atoms with Crippen LogP contribution in [0.1, 0.15) is 39.7 Å². The van der Waals surface area contributed by atoms with Crippen molar-refractivity contribution in [1.29, 1.82) is 0 Å². The Bertz CT molecular complexity index is 383. The summed E-state index contributed by atoms with van der Waals surface area (Å²) >= 11 is 0. The normalized spacial score (nSPS) is 13.7. The van der Waals surface area contributed by atoms with Crippen LogP contribution in [0, 0.1) is 17.0 Å². The molecule has 1 N–H and O–H groups in total. The first-order valence-electron chi connectivity index (χ1n) is 6.52. The van der Waals surface area contributed by atoms with E-state index in [9.17, 15) is 8.78 Å². The van der Waals surface area contributed by atoms with Gasteiger partial charge in [0.2, 0.25) is 0 Å². The van der Waals surface area contributed by atoms with Crippen LogP contribution >= 0.6 is 0 Å². The van der Waals surface area contributed by atoms with Gasteiger partial charge >= 0.3 is 0 Å². The Hall–Kier alpha value is -0.960. The molecule has 1 aromatic carbocycles. The predicted molar refractivity (Wildman–Crippen MR) is 71.6 cm³/mol. The van der Waals surface area contributed by atoms with Crippen molar-refractivity contribution in [2.75, 3.05) is 6.54 Å². The van der Waals surface area contributed by atoms with Crippen LogP contribution in [0.4, 0.5) is 8.78 Å². The lowest BCUT2D eigenvalue weighted by Gasteiger charge is -2.32. The van der Waals surface area contributed by atoms with E-state index in [1.165, 1.54) is 12.1 Å². The fourth-order valence-corrected chi connectivity index (χ4v) is 1.91. The quantitative estimate of drug-likeness (QED) is 0.841. The maximum atomic E-state index is 13.2. The summed E-state index contributed by atoms with van der Waals surface area (Å²) in [5.41, 5.74) is 0.914. The van der Waals surface area contributed by atoms with E-state index in [4.69, 9.17) is 0 Å². The Labute approximate surface area is 109 Å². The third-order valence-corrected chi connectivity index (χ3v) is 3.11. The molecule has 0 saturated carbocycles. The third kappa shape index (κ3) is 4.37. The molecule has 1 rings (SSSR count). The van der Waals surface area contributed by atoms with Gasteiger partial charge in [-0.15, -0.1) is 0 Å². The molecular weight excluding hydrogens is 232 g/mol. The summed E-state index contributed by atoms with van der Waals surface area (Å²) in [5.74, 6) is -1.55. The molecule has 0 aliphatic carbocycles. The lowest BCUT2D eigenvalue weighted by molar-refractivity contribution is 0.266. The number of nitrogens with one attached hydrogen (secondary N) is 1. The van der Waals surface area contributed by atoms with Crippen molar-refractivity contribution in [2.24, 2.45) is 5.41 Å². The first-order chi connectivity index (χ1) is 8.34. The fraction of sp³-hybridized carbons (Fsp3) is 0.600. The summed E-state index contributed by atoms with van der Waals surface area (Å²) < 4.78 is 26.1. The van der Waals surface area contributed by atoms with Gasteiger partial charge in [-0.3, -0.25) is 0 Å². The molecule has 0 aliphatic rings. The number of benzene rings is 1. The average molecular weight is 255 g/mol. The van der Waals surface area contributed by atoms with Crippen LogP contribution in [0.2, 0.25) is 0 Å². The van der Waals surface area contributed by atoms with Crippen LogP contribution < -0.4 is 5.32 Å². The first-order valence-corrected chi connectivity index (χ1v) is 6.52. The molecule has 1 aromatic rings. The van der Waals surface area contributed by atoms with E-state index in [1.807, 2.05) is 0 Å². The summed E-state index contributed by atoms with van der Waals surface area (Å²) in [7, 11) is 0.